The zero-order valence-corrected chi connectivity index (χ0v) is 12.2. The molecule has 0 radical (unpaired) electrons. The number of carbonyl (C=O) groups is 1. The lowest BCUT2D eigenvalue weighted by Gasteiger charge is -2.37. The van der Waals surface area contributed by atoms with Gasteiger partial charge in [-0.15, -0.1) is 0 Å². The van der Waals surface area contributed by atoms with Crippen LogP contribution in [0.15, 0.2) is 17.2 Å². The molecule has 2 aliphatic heterocycles. The standard InChI is InChI=1S/C15H22N4O2/c20-14-10-17-13(9-18-14)15(21)19-7-3-12(4-8-19)11-1-5-16-6-2-11/h9-12,16H,1-8H2,(H,18,20). The Kier molecular flexibility index (Phi) is 4.34. The van der Waals surface area contributed by atoms with Crippen molar-refractivity contribution >= 4 is 5.91 Å². The fraction of sp³-hybridized carbons (Fsp3) is 0.667. The Hall–Kier alpha value is -1.69. The Bertz CT molecular complexity index is 522. The van der Waals surface area contributed by atoms with Crippen molar-refractivity contribution in [1.82, 2.24) is 20.2 Å². The molecule has 0 aromatic carbocycles. The molecule has 0 atom stereocenters. The number of aromatic nitrogens is 2. The molecule has 2 aliphatic rings. The van der Waals surface area contributed by atoms with E-state index in [0.29, 0.717) is 5.69 Å². The molecule has 3 heterocycles. The van der Waals surface area contributed by atoms with Gasteiger partial charge >= 0.3 is 0 Å². The summed E-state index contributed by atoms with van der Waals surface area (Å²) in [6, 6.07) is 0. The summed E-state index contributed by atoms with van der Waals surface area (Å²) in [6.45, 7) is 3.86. The first kappa shape index (κ1) is 14.3. The van der Waals surface area contributed by atoms with E-state index in [9.17, 15) is 9.59 Å². The number of piperidine rings is 2. The van der Waals surface area contributed by atoms with E-state index < -0.39 is 0 Å². The van der Waals surface area contributed by atoms with Gasteiger partial charge in [-0.05, 0) is 50.6 Å². The molecule has 6 nitrogen and oxygen atoms in total. The predicted molar refractivity (Wildman–Crippen MR) is 79.1 cm³/mol. The number of nitrogens with zero attached hydrogens (tertiary/aromatic N) is 2. The summed E-state index contributed by atoms with van der Waals surface area (Å²) in [5.74, 6) is 1.49. The van der Waals surface area contributed by atoms with Gasteiger partial charge in [-0.1, -0.05) is 0 Å². The maximum Gasteiger partial charge on any atom is 0.273 e. The number of amides is 1. The zero-order valence-electron chi connectivity index (χ0n) is 12.2. The number of aromatic amines is 1. The van der Waals surface area contributed by atoms with E-state index in [0.717, 1.165) is 57.1 Å². The summed E-state index contributed by atoms with van der Waals surface area (Å²) < 4.78 is 0. The van der Waals surface area contributed by atoms with Crippen LogP contribution < -0.4 is 10.9 Å². The third-order valence-corrected chi connectivity index (χ3v) is 4.77. The van der Waals surface area contributed by atoms with Crippen LogP contribution in [0, 0.1) is 11.8 Å². The van der Waals surface area contributed by atoms with Crippen molar-refractivity contribution in [3.63, 3.8) is 0 Å². The highest BCUT2D eigenvalue weighted by molar-refractivity contribution is 5.91. The Morgan fingerprint density at radius 1 is 1.14 bits per heavy atom. The SMILES string of the molecule is O=C(c1c[nH]c(=O)cn1)N1CCC(C2CCNCC2)CC1. The van der Waals surface area contributed by atoms with Gasteiger partial charge in [0.25, 0.3) is 11.5 Å². The lowest BCUT2D eigenvalue weighted by molar-refractivity contribution is 0.0636. The summed E-state index contributed by atoms with van der Waals surface area (Å²) in [7, 11) is 0. The normalized spacial score (nSPS) is 21.4. The Balaban J connectivity index is 1.56. The summed E-state index contributed by atoms with van der Waals surface area (Å²) in [5, 5.41) is 3.41. The molecule has 114 valence electrons. The van der Waals surface area contributed by atoms with Crippen molar-refractivity contribution < 1.29 is 4.79 Å². The van der Waals surface area contributed by atoms with Crippen LogP contribution in [0.4, 0.5) is 0 Å². The Labute approximate surface area is 124 Å². The summed E-state index contributed by atoms with van der Waals surface area (Å²) in [6.07, 6.45) is 7.26. The maximum atomic E-state index is 12.3. The quantitative estimate of drug-likeness (QED) is 0.837. The lowest BCUT2D eigenvalue weighted by atomic mass is 9.79. The smallest absolute Gasteiger partial charge is 0.273 e. The van der Waals surface area contributed by atoms with E-state index in [-0.39, 0.29) is 11.5 Å². The molecule has 6 heteroatoms. The highest BCUT2D eigenvalue weighted by atomic mass is 16.2. The van der Waals surface area contributed by atoms with E-state index in [4.69, 9.17) is 0 Å². The predicted octanol–water partition coefficient (Wildman–Crippen LogP) is 0.622. The molecule has 1 aromatic rings. The monoisotopic (exact) mass is 290 g/mol. The number of H-pyrrole nitrogens is 1. The Morgan fingerprint density at radius 2 is 1.81 bits per heavy atom. The number of nitrogens with one attached hydrogen (secondary N) is 2. The van der Waals surface area contributed by atoms with Crippen LogP contribution in [0.1, 0.15) is 36.2 Å². The molecule has 1 aromatic heterocycles. The minimum Gasteiger partial charge on any atom is -0.337 e. The van der Waals surface area contributed by atoms with Gasteiger partial charge < -0.3 is 15.2 Å². The third-order valence-electron chi connectivity index (χ3n) is 4.77. The first-order valence-corrected chi connectivity index (χ1v) is 7.79. The number of carbonyl (C=O) groups excluding carboxylic acids is 1. The first-order valence-electron chi connectivity index (χ1n) is 7.79. The van der Waals surface area contributed by atoms with Crippen molar-refractivity contribution in [2.24, 2.45) is 11.8 Å². The highest BCUT2D eigenvalue weighted by Crippen LogP contribution is 2.30. The van der Waals surface area contributed by atoms with Crippen LogP contribution in [0.2, 0.25) is 0 Å². The highest BCUT2D eigenvalue weighted by Gasteiger charge is 2.29. The largest absolute Gasteiger partial charge is 0.337 e. The van der Waals surface area contributed by atoms with Gasteiger partial charge in [0.15, 0.2) is 0 Å². The van der Waals surface area contributed by atoms with Crippen LogP contribution in [-0.2, 0) is 0 Å². The molecule has 0 bridgehead atoms. The number of likely N-dealkylation sites (tertiary alicyclic amines) is 1. The van der Waals surface area contributed by atoms with Crippen molar-refractivity contribution in [1.29, 1.82) is 0 Å². The van der Waals surface area contributed by atoms with Crippen LogP contribution in [-0.4, -0.2) is 47.0 Å². The molecule has 21 heavy (non-hydrogen) atoms. The lowest BCUT2D eigenvalue weighted by Crippen LogP contribution is -2.42. The van der Waals surface area contributed by atoms with Gasteiger partial charge in [0, 0.05) is 19.3 Å². The molecule has 2 saturated heterocycles. The van der Waals surface area contributed by atoms with Gasteiger partial charge in [-0.2, -0.15) is 0 Å². The molecular weight excluding hydrogens is 268 g/mol. The molecular formula is C15H22N4O2. The van der Waals surface area contributed by atoms with Crippen molar-refractivity contribution in [3.8, 4) is 0 Å². The average Bonchev–Trinajstić information content (AvgIpc) is 2.56. The number of hydrogen-bond acceptors (Lipinski definition) is 4. The van der Waals surface area contributed by atoms with Crippen LogP contribution in [0.3, 0.4) is 0 Å². The summed E-state index contributed by atoms with van der Waals surface area (Å²) >= 11 is 0. The van der Waals surface area contributed by atoms with E-state index in [1.165, 1.54) is 19.0 Å². The van der Waals surface area contributed by atoms with Gasteiger partial charge in [-0.25, -0.2) is 4.98 Å². The topological polar surface area (TPSA) is 78.1 Å². The van der Waals surface area contributed by atoms with Crippen LogP contribution in [0.25, 0.3) is 0 Å². The molecule has 0 aliphatic carbocycles. The number of rotatable bonds is 2. The van der Waals surface area contributed by atoms with Gasteiger partial charge in [0.2, 0.25) is 0 Å². The zero-order chi connectivity index (χ0) is 14.7. The summed E-state index contributed by atoms with van der Waals surface area (Å²) in [5.41, 5.74) is 0.0473. The second-order valence-corrected chi connectivity index (χ2v) is 6.01. The van der Waals surface area contributed by atoms with Crippen molar-refractivity contribution in [2.75, 3.05) is 26.2 Å². The van der Waals surface area contributed by atoms with E-state index in [2.05, 4.69) is 15.3 Å². The molecule has 0 unspecified atom stereocenters. The number of hydrogen-bond donors (Lipinski definition) is 2. The second kappa shape index (κ2) is 6.39. The van der Waals surface area contributed by atoms with Crippen molar-refractivity contribution in [2.45, 2.75) is 25.7 Å². The fourth-order valence-corrected chi connectivity index (χ4v) is 3.51. The van der Waals surface area contributed by atoms with Crippen LogP contribution in [0.5, 0.6) is 0 Å². The van der Waals surface area contributed by atoms with Gasteiger partial charge in [0.05, 0.1) is 6.20 Å². The fourth-order valence-electron chi connectivity index (χ4n) is 3.51. The maximum absolute atomic E-state index is 12.3. The molecule has 3 rings (SSSR count). The summed E-state index contributed by atoms with van der Waals surface area (Å²) in [4.78, 5) is 31.6. The van der Waals surface area contributed by atoms with Crippen LogP contribution >= 0.6 is 0 Å². The molecule has 1 amide bonds. The Morgan fingerprint density at radius 3 is 2.43 bits per heavy atom. The molecule has 0 saturated carbocycles. The third kappa shape index (κ3) is 3.32. The second-order valence-electron chi connectivity index (χ2n) is 6.01. The van der Waals surface area contributed by atoms with Gasteiger partial charge in [0.1, 0.15) is 5.69 Å². The van der Waals surface area contributed by atoms with E-state index >= 15 is 0 Å². The minimum absolute atomic E-state index is 0.0741. The van der Waals surface area contributed by atoms with Gasteiger partial charge in [-0.3, -0.25) is 9.59 Å². The molecule has 0 spiro atoms. The first-order chi connectivity index (χ1) is 10.2. The molecule has 2 fully saturated rings. The molecule has 2 N–H and O–H groups in total. The average molecular weight is 290 g/mol. The van der Waals surface area contributed by atoms with E-state index in [1.54, 1.807) is 0 Å². The van der Waals surface area contributed by atoms with Crippen molar-refractivity contribution in [3.05, 3.63) is 28.4 Å². The van der Waals surface area contributed by atoms with E-state index in [1.807, 2.05) is 4.90 Å². The minimum atomic E-state index is -0.281.